The number of aromatic hydroxyl groups is 2. The third-order valence-corrected chi connectivity index (χ3v) is 5.71. The molecule has 0 amide bonds. The fourth-order valence-electron chi connectivity index (χ4n) is 3.92. The molecule has 0 aliphatic rings. The van der Waals surface area contributed by atoms with Crippen LogP contribution in [0.15, 0.2) is 54.8 Å². The van der Waals surface area contributed by atoms with E-state index in [1.807, 2.05) is 0 Å². The van der Waals surface area contributed by atoms with E-state index >= 15 is 0 Å². The summed E-state index contributed by atoms with van der Waals surface area (Å²) in [6.07, 6.45) is 0.103. The minimum atomic E-state index is -0.529. The molecule has 0 saturated carbocycles. The van der Waals surface area contributed by atoms with Gasteiger partial charge < -0.3 is 28.5 Å². The molecule has 0 spiro atoms. The van der Waals surface area contributed by atoms with Crippen LogP contribution in [0.2, 0.25) is 0 Å². The van der Waals surface area contributed by atoms with Gasteiger partial charge in [0.05, 0.1) is 27.1 Å². The van der Waals surface area contributed by atoms with E-state index in [1.165, 1.54) is 50.6 Å². The van der Waals surface area contributed by atoms with Crippen LogP contribution in [0.5, 0.6) is 11.5 Å². The van der Waals surface area contributed by atoms with Crippen molar-refractivity contribution < 1.29 is 38.1 Å². The van der Waals surface area contributed by atoms with Gasteiger partial charge in [0.25, 0.3) is 0 Å². The SMILES string of the molecule is COC(=O)CCc1cc(=O)c2c(O)ccc(-c3ccc(O)c4c(=O)cc(CCC(=O)OC)oc34)c2o1. The maximum atomic E-state index is 12.8. The number of methoxy groups -OCH3 is 2. The molecule has 0 atom stereocenters. The van der Waals surface area contributed by atoms with Gasteiger partial charge in [-0.3, -0.25) is 19.2 Å². The zero-order valence-electron chi connectivity index (χ0n) is 19.5. The highest BCUT2D eigenvalue weighted by Gasteiger charge is 2.20. The molecule has 2 aromatic heterocycles. The van der Waals surface area contributed by atoms with Gasteiger partial charge in [-0.25, -0.2) is 0 Å². The Bertz CT molecular complexity index is 1490. The van der Waals surface area contributed by atoms with Crippen molar-refractivity contribution in [2.45, 2.75) is 25.7 Å². The van der Waals surface area contributed by atoms with Crippen molar-refractivity contribution in [3.05, 3.63) is 68.4 Å². The van der Waals surface area contributed by atoms with Crippen molar-refractivity contribution in [2.75, 3.05) is 14.2 Å². The van der Waals surface area contributed by atoms with Crippen molar-refractivity contribution in [3.8, 4) is 22.6 Å². The third-order valence-electron chi connectivity index (χ3n) is 5.71. The highest BCUT2D eigenvalue weighted by Crippen LogP contribution is 2.38. The van der Waals surface area contributed by atoms with Gasteiger partial charge >= 0.3 is 11.9 Å². The van der Waals surface area contributed by atoms with Crippen LogP contribution in [0.4, 0.5) is 0 Å². The highest BCUT2D eigenvalue weighted by atomic mass is 16.5. The number of esters is 2. The average molecular weight is 494 g/mol. The van der Waals surface area contributed by atoms with Crippen LogP contribution in [0.3, 0.4) is 0 Å². The summed E-state index contributed by atoms with van der Waals surface area (Å²) in [7, 11) is 2.50. The Kier molecular flexibility index (Phi) is 6.77. The van der Waals surface area contributed by atoms with E-state index in [0.29, 0.717) is 11.1 Å². The summed E-state index contributed by atoms with van der Waals surface area (Å²) in [4.78, 5) is 48.8. The number of phenolic OH excluding ortho intramolecular Hbond substituents is 2. The van der Waals surface area contributed by atoms with Gasteiger partial charge in [-0.1, -0.05) is 0 Å². The van der Waals surface area contributed by atoms with Gasteiger partial charge in [-0.05, 0) is 24.3 Å². The summed E-state index contributed by atoms with van der Waals surface area (Å²) in [6, 6.07) is 7.96. The van der Waals surface area contributed by atoms with Crippen LogP contribution >= 0.6 is 0 Å². The summed E-state index contributed by atoms with van der Waals surface area (Å²) < 4.78 is 21.1. The van der Waals surface area contributed by atoms with Gasteiger partial charge in [0, 0.05) is 36.1 Å². The second-order valence-electron chi connectivity index (χ2n) is 7.98. The van der Waals surface area contributed by atoms with Gasteiger partial charge in [0.2, 0.25) is 0 Å². The lowest BCUT2D eigenvalue weighted by molar-refractivity contribution is -0.141. The number of carbonyl (C=O) groups is 2. The fourth-order valence-corrected chi connectivity index (χ4v) is 3.92. The molecular weight excluding hydrogens is 472 g/mol. The Morgan fingerprint density at radius 2 is 1.11 bits per heavy atom. The predicted molar refractivity (Wildman–Crippen MR) is 128 cm³/mol. The highest BCUT2D eigenvalue weighted by molar-refractivity contribution is 6.03. The number of aryl methyl sites for hydroxylation is 2. The molecule has 0 fully saturated rings. The van der Waals surface area contributed by atoms with E-state index in [1.54, 1.807) is 0 Å². The van der Waals surface area contributed by atoms with Crippen LogP contribution in [0.25, 0.3) is 33.1 Å². The molecule has 0 aliphatic carbocycles. The maximum absolute atomic E-state index is 12.8. The van der Waals surface area contributed by atoms with E-state index in [0.717, 1.165) is 0 Å². The Balaban J connectivity index is 1.95. The van der Waals surface area contributed by atoms with Crippen LogP contribution in [-0.4, -0.2) is 36.4 Å². The molecule has 0 saturated heterocycles. The monoisotopic (exact) mass is 494 g/mol. The number of ether oxygens (including phenoxy) is 2. The van der Waals surface area contributed by atoms with Crippen LogP contribution < -0.4 is 10.9 Å². The lowest BCUT2D eigenvalue weighted by Crippen LogP contribution is -2.07. The Hall–Kier alpha value is -4.60. The largest absolute Gasteiger partial charge is 0.507 e. The van der Waals surface area contributed by atoms with E-state index in [9.17, 15) is 29.4 Å². The summed E-state index contributed by atoms with van der Waals surface area (Å²) in [5.41, 5.74) is -0.428. The number of hydrogen-bond donors (Lipinski definition) is 2. The van der Waals surface area contributed by atoms with E-state index in [4.69, 9.17) is 8.83 Å². The molecule has 0 unspecified atom stereocenters. The van der Waals surface area contributed by atoms with E-state index in [2.05, 4.69) is 9.47 Å². The number of phenols is 2. The normalized spacial score (nSPS) is 11.1. The first-order valence-electron chi connectivity index (χ1n) is 10.9. The molecular formula is C26H22O10. The molecule has 4 aromatic rings. The first-order valence-corrected chi connectivity index (χ1v) is 10.9. The molecule has 0 radical (unpaired) electrons. The summed E-state index contributed by atoms with van der Waals surface area (Å²) in [6.45, 7) is 0. The maximum Gasteiger partial charge on any atom is 0.305 e. The number of benzene rings is 2. The summed E-state index contributed by atoms with van der Waals surface area (Å²) in [5, 5.41) is 20.5. The zero-order chi connectivity index (χ0) is 26.0. The van der Waals surface area contributed by atoms with Gasteiger partial charge in [0.15, 0.2) is 10.9 Å². The number of fused-ring (bicyclic) bond motifs is 2. The molecule has 4 rings (SSSR count). The Morgan fingerprint density at radius 3 is 1.47 bits per heavy atom. The van der Waals surface area contributed by atoms with E-state index < -0.39 is 22.8 Å². The smallest absolute Gasteiger partial charge is 0.305 e. The lowest BCUT2D eigenvalue weighted by Gasteiger charge is -2.12. The molecule has 2 N–H and O–H groups in total. The van der Waals surface area contributed by atoms with Crippen LogP contribution in [0, 0.1) is 0 Å². The topological polar surface area (TPSA) is 153 Å². The fraction of sp³-hybridized carbons (Fsp3) is 0.231. The minimum absolute atomic E-state index is 0.0111. The van der Waals surface area contributed by atoms with E-state index in [-0.39, 0.29) is 70.6 Å². The van der Waals surface area contributed by atoms with Crippen molar-refractivity contribution in [2.24, 2.45) is 0 Å². The molecule has 0 bridgehead atoms. The van der Waals surface area contributed by atoms with Crippen molar-refractivity contribution in [1.82, 2.24) is 0 Å². The van der Waals surface area contributed by atoms with Crippen molar-refractivity contribution in [1.29, 1.82) is 0 Å². The standard InChI is InChI=1S/C26H22O10/c1-33-21(31)9-3-13-11-19(29)23-17(27)7-5-15(25(23)35-13)16-6-8-18(28)24-20(30)12-14(36-26(16)24)4-10-22(32)34-2/h5-8,11-12,27-28H,3-4,9-10H2,1-2H3. The number of carbonyl (C=O) groups excluding carboxylic acids is 2. The molecule has 10 heteroatoms. The minimum Gasteiger partial charge on any atom is -0.507 e. The zero-order valence-corrected chi connectivity index (χ0v) is 19.5. The quantitative estimate of drug-likeness (QED) is 0.366. The van der Waals surface area contributed by atoms with Gasteiger partial charge in [-0.15, -0.1) is 0 Å². The third kappa shape index (κ3) is 4.65. The van der Waals surface area contributed by atoms with Crippen LogP contribution in [0.1, 0.15) is 24.4 Å². The van der Waals surface area contributed by atoms with Crippen LogP contribution in [-0.2, 0) is 31.9 Å². The van der Waals surface area contributed by atoms with Gasteiger partial charge in [-0.2, -0.15) is 0 Å². The lowest BCUT2D eigenvalue weighted by atomic mass is 9.99. The summed E-state index contributed by atoms with van der Waals surface area (Å²) >= 11 is 0. The summed E-state index contributed by atoms with van der Waals surface area (Å²) in [5.74, 6) is -1.23. The number of rotatable bonds is 7. The average Bonchev–Trinajstić information content (AvgIpc) is 2.86. The Morgan fingerprint density at radius 1 is 0.722 bits per heavy atom. The first kappa shape index (κ1) is 24.5. The molecule has 36 heavy (non-hydrogen) atoms. The number of hydrogen-bond acceptors (Lipinski definition) is 10. The Labute approximate surface area is 203 Å². The van der Waals surface area contributed by atoms with Crippen molar-refractivity contribution in [3.63, 3.8) is 0 Å². The molecule has 0 aliphatic heterocycles. The predicted octanol–water partition coefficient (Wildman–Crippen LogP) is 3.19. The molecule has 10 nitrogen and oxygen atoms in total. The molecule has 2 aromatic carbocycles. The second kappa shape index (κ2) is 9.95. The first-order chi connectivity index (χ1) is 17.2. The van der Waals surface area contributed by atoms with Crippen molar-refractivity contribution >= 4 is 33.9 Å². The van der Waals surface area contributed by atoms with Gasteiger partial charge in [0.1, 0.15) is 45.0 Å². The second-order valence-corrected chi connectivity index (χ2v) is 7.98. The molecule has 186 valence electrons. The molecule has 2 heterocycles.